The van der Waals surface area contributed by atoms with Gasteiger partial charge in [0.25, 0.3) is 5.91 Å². The number of aromatic nitrogens is 2. The highest BCUT2D eigenvalue weighted by atomic mass is 16.4. The average molecular weight is 273 g/mol. The molecule has 0 aliphatic rings. The summed E-state index contributed by atoms with van der Waals surface area (Å²) in [6.07, 6.45) is 0. The zero-order valence-electron chi connectivity index (χ0n) is 11.2. The molecule has 1 heterocycles. The van der Waals surface area contributed by atoms with Gasteiger partial charge < -0.3 is 10.4 Å². The summed E-state index contributed by atoms with van der Waals surface area (Å²) >= 11 is 0. The van der Waals surface area contributed by atoms with E-state index in [0.29, 0.717) is 11.5 Å². The molecular weight excluding hydrogens is 258 g/mol. The molecule has 1 amide bonds. The molecule has 1 aromatic carbocycles. The monoisotopic (exact) mass is 273 g/mol. The Morgan fingerprint density at radius 3 is 2.40 bits per heavy atom. The van der Waals surface area contributed by atoms with Crippen molar-refractivity contribution in [2.45, 2.75) is 19.8 Å². The van der Waals surface area contributed by atoms with Gasteiger partial charge in [0.05, 0.1) is 0 Å². The van der Waals surface area contributed by atoms with Crippen molar-refractivity contribution in [3.05, 3.63) is 47.2 Å². The van der Waals surface area contributed by atoms with E-state index in [1.807, 2.05) is 12.1 Å². The van der Waals surface area contributed by atoms with Crippen LogP contribution in [-0.4, -0.2) is 27.2 Å². The largest absolute Gasteiger partial charge is 0.477 e. The van der Waals surface area contributed by atoms with Crippen LogP contribution in [-0.2, 0) is 0 Å². The van der Waals surface area contributed by atoms with Crippen molar-refractivity contribution in [1.82, 2.24) is 10.2 Å². The second-order valence-electron chi connectivity index (χ2n) is 4.70. The lowest BCUT2D eigenvalue weighted by Crippen LogP contribution is -2.12. The van der Waals surface area contributed by atoms with Gasteiger partial charge >= 0.3 is 5.97 Å². The lowest BCUT2D eigenvalue weighted by Gasteiger charge is -2.06. The minimum atomic E-state index is -1.13. The number of carbonyl (C=O) groups is 2. The molecule has 2 aromatic rings. The first-order chi connectivity index (χ1) is 9.47. The van der Waals surface area contributed by atoms with Crippen molar-refractivity contribution in [3.8, 4) is 0 Å². The van der Waals surface area contributed by atoms with Gasteiger partial charge in [0.15, 0.2) is 5.82 Å². The normalized spacial score (nSPS) is 10.6. The number of hydrogen-bond donors (Lipinski definition) is 3. The minimum Gasteiger partial charge on any atom is -0.477 e. The van der Waals surface area contributed by atoms with Gasteiger partial charge in [-0.05, 0) is 23.6 Å². The Hall–Kier alpha value is -2.63. The van der Waals surface area contributed by atoms with E-state index in [4.69, 9.17) is 5.11 Å². The summed E-state index contributed by atoms with van der Waals surface area (Å²) in [6, 6.07) is 8.52. The first-order valence-electron chi connectivity index (χ1n) is 6.17. The van der Waals surface area contributed by atoms with Crippen molar-refractivity contribution in [2.75, 3.05) is 5.32 Å². The van der Waals surface area contributed by atoms with E-state index in [0.717, 1.165) is 5.56 Å². The molecule has 0 saturated heterocycles. The molecule has 2 rings (SSSR count). The highest BCUT2D eigenvalue weighted by molar-refractivity contribution is 6.04. The maximum Gasteiger partial charge on any atom is 0.353 e. The molecular formula is C14H15N3O3. The third-order valence-corrected chi connectivity index (χ3v) is 2.89. The summed E-state index contributed by atoms with van der Waals surface area (Å²) in [4.78, 5) is 22.6. The van der Waals surface area contributed by atoms with Crippen LogP contribution in [0.3, 0.4) is 0 Å². The number of aromatic amines is 1. The number of H-pyrrole nitrogens is 1. The van der Waals surface area contributed by atoms with E-state index in [1.54, 1.807) is 12.1 Å². The Labute approximate surface area is 115 Å². The van der Waals surface area contributed by atoms with Gasteiger partial charge in [-0.2, -0.15) is 5.10 Å². The van der Waals surface area contributed by atoms with E-state index in [9.17, 15) is 9.59 Å². The maximum atomic E-state index is 12.0. The molecule has 0 aliphatic heterocycles. The first kappa shape index (κ1) is 13.8. The van der Waals surface area contributed by atoms with Gasteiger partial charge in [0.2, 0.25) is 0 Å². The lowest BCUT2D eigenvalue weighted by atomic mass is 10.0. The number of aromatic carboxylic acids is 1. The molecule has 0 bridgehead atoms. The second kappa shape index (κ2) is 5.56. The predicted octanol–water partition coefficient (Wildman–Crippen LogP) is 2.48. The molecule has 0 atom stereocenters. The molecule has 0 saturated carbocycles. The van der Waals surface area contributed by atoms with Crippen LogP contribution in [0.2, 0.25) is 0 Å². The number of carbonyl (C=O) groups excluding carboxylic acids is 1. The summed E-state index contributed by atoms with van der Waals surface area (Å²) in [6.45, 7) is 4.15. The van der Waals surface area contributed by atoms with Gasteiger partial charge in [-0.15, -0.1) is 0 Å². The third kappa shape index (κ3) is 3.03. The number of hydrogen-bond acceptors (Lipinski definition) is 3. The number of benzene rings is 1. The van der Waals surface area contributed by atoms with Gasteiger partial charge in [-0.25, -0.2) is 4.79 Å². The van der Waals surface area contributed by atoms with Crippen LogP contribution < -0.4 is 5.32 Å². The second-order valence-corrected chi connectivity index (χ2v) is 4.70. The molecule has 0 radical (unpaired) electrons. The molecule has 0 fully saturated rings. The molecule has 1 aromatic heterocycles. The molecule has 0 unspecified atom stereocenters. The van der Waals surface area contributed by atoms with Gasteiger partial charge in [-0.3, -0.25) is 9.89 Å². The lowest BCUT2D eigenvalue weighted by molar-refractivity contribution is 0.0690. The standard InChI is InChI=1S/C14H15N3O3/c1-8(2)9-3-5-10(6-4-9)13(18)15-12-7-11(14(19)20)16-17-12/h3-8H,1-2H3,(H,19,20)(H2,15,16,17,18). The average Bonchev–Trinajstić information content (AvgIpc) is 2.87. The summed E-state index contributed by atoms with van der Waals surface area (Å²) in [5.74, 6) is -0.875. The Morgan fingerprint density at radius 1 is 1.25 bits per heavy atom. The predicted molar refractivity (Wildman–Crippen MR) is 74.0 cm³/mol. The van der Waals surface area contributed by atoms with E-state index >= 15 is 0 Å². The first-order valence-corrected chi connectivity index (χ1v) is 6.17. The fourth-order valence-corrected chi connectivity index (χ4v) is 1.70. The third-order valence-electron chi connectivity index (χ3n) is 2.89. The maximum absolute atomic E-state index is 12.0. The topological polar surface area (TPSA) is 95.1 Å². The summed E-state index contributed by atoms with van der Waals surface area (Å²) in [7, 11) is 0. The number of carboxylic acids is 1. The zero-order valence-corrected chi connectivity index (χ0v) is 11.2. The molecule has 104 valence electrons. The van der Waals surface area contributed by atoms with Crippen LogP contribution >= 0.6 is 0 Å². The van der Waals surface area contributed by atoms with E-state index in [-0.39, 0.29) is 17.4 Å². The summed E-state index contributed by atoms with van der Waals surface area (Å²) < 4.78 is 0. The van der Waals surface area contributed by atoms with Gasteiger partial charge in [0, 0.05) is 11.6 Å². The Bertz CT molecular complexity index is 629. The van der Waals surface area contributed by atoms with Crippen molar-refractivity contribution < 1.29 is 14.7 Å². The highest BCUT2D eigenvalue weighted by Crippen LogP contribution is 2.15. The number of nitrogens with one attached hydrogen (secondary N) is 2. The molecule has 0 aliphatic carbocycles. The van der Waals surface area contributed by atoms with E-state index < -0.39 is 5.97 Å². The van der Waals surface area contributed by atoms with Crippen LogP contribution in [0.25, 0.3) is 0 Å². The summed E-state index contributed by atoms with van der Waals surface area (Å²) in [5, 5.41) is 17.3. The van der Waals surface area contributed by atoms with Crippen LogP contribution in [0.4, 0.5) is 5.82 Å². The quantitative estimate of drug-likeness (QED) is 0.797. The molecule has 6 nitrogen and oxygen atoms in total. The van der Waals surface area contributed by atoms with Crippen LogP contribution in [0, 0.1) is 0 Å². The fourth-order valence-electron chi connectivity index (χ4n) is 1.70. The van der Waals surface area contributed by atoms with Crippen LogP contribution in [0.15, 0.2) is 30.3 Å². The van der Waals surface area contributed by atoms with Gasteiger partial charge in [0.1, 0.15) is 5.69 Å². The number of rotatable bonds is 4. The summed E-state index contributed by atoms with van der Waals surface area (Å²) in [5.41, 5.74) is 1.57. The van der Waals surface area contributed by atoms with E-state index in [1.165, 1.54) is 6.07 Å². The Kier molecular flexibility index (Phi) is 3.84. The number of amides is 1. The molecule has 20 heavy (non-hydrogen) atoms. The molecule has 0 spiro atoms. The van der Waals surface area contributed by atoms with Crippen molar-refractivity contribution >= 4 is 17.7 Å². The Morgan fingerprint density at radius 2 is 1.90 bits per heavy atom. The molecule has 3 N–H and O–H groups in total. The number of carboxylic acid groups (broad SMARTS) is 1. The van der Waals surface area contributed by atoms with Crippen LogP contribution in [0.5, 0.6) is 0 Å². The molecule has 6 heteroatoms. The Balaban J connectivity index is 2.09. The van der Waals surface area contributed by atoms with Gasteiger partial charge in [-0.1, -0.05) is 26.0 Å². The SMILES string of the molecule is CC(C)c1ccc(C(=O)Nc2cc(C(=O)O)[nH]n2)cc1. The minimum absolute atomic E-state index is 0.0737. The number of nitrogens with zero attached hydrogens (tertiary/aromatic N) is 1. The van der Waals surface area contributed by atoms with Crippen LogP contribution in [0.1, 0.15) is 46.2 Å². The van der Waals surface area contributed by atoms with Crippen molar-refractivity contribution in [3.63, 3.8) is 0 Å². The zero-order chi connectivity index (χ0) is 14.7. The van der Waals surface area contributed by atoms with E-state index in [2.05, 4.69) is 29.4 Å². The highest BCUT2D eigenvalue weighted by Gasteiger charge is 2.11. The smallest absolute Gasteiger partial charge is 0.353 e. The van der Waals surface area contributed by atoms with Crippen molar-refractivity contribution in [1.29, 1.82) is 0 Å². The fraction of sp³-hybridized carbons (Fsp3) is 0.214. The van der Waals surface area contributed by atoms with Crippen molar-refractivity contribution in [2.24, 2.45) is 0 Å². The number of anilines is 1.